The summed E-state index contributed by atoms with van der Waals surface area (Å²) in [7, 11) is -89.1. The van der Waals surface area contributed by atoms with Crippen molar-refractivity contribution in [2.75, 3.05) is 7.11 Å². The molecular formula is C3H36O41Si41. The van der Waals surface area contributed by atoms with Crippen LogP contribution >= 0.6 is 0 Å². The van der Waals surface area contributed by atoms with Gasteiger partial charge in [0.25, 0.3) is 69.4 Å². The average molecular weight is 1880 g/mol. The van der Waals surface area contributed by atoms with E-state index in [1.54, 1.807) is 0 Å². The third-order valence-corrected chi connectivity index (χ3v) is 334. The molecule has 0 aromatic carbocycles. The van der Waals surface area contributed by atoms with Crippen molar-refractivity contribution < 1.29 is 187 Å². The Morgan fingerprint density at radius 1 is 0.212 bits per heavy atom. The standard InChI is InChI=1S/C3H36O41Si41/c1-31-72(2,3)83(84(79(64-23,65-24)37-50-9,80(66-25,67-26)38-51-10)42-74(56-15,57-16)33-46-5,85(81(68-27,69-28)39-52-11,82(70-29,71-30)40-53-12)43-75(58-17,59-18)34-47-6)44-76(77(60-19,61-20)35-48-7,78(62-21,63-22)36-49-8)41-73(54-13,55-14)32-45-4/h4-30H,1-3H3. The highest BCUT2D eigenvalue weighted by molar-refractivity contribution is 8.30. The minimum absolute atomic E-state index is 0.756. The molecule has 0 saturated heterocycles. The first-order valence-electron chi connectivity index (χ1n) is 19.7. The fourth-order valence-electron chi connectivity index (χ4n) is 7.61. The highest BCUT2D eigenvalue weighted by Gasteiger charge is 3.01. The second kappa shape index (κ2) is 42.5. The number of hydrogen-bond acceptors (Lipinski definition) is 41. The molecule has 0 unspecified atom stereocenters. The Kier molecular flexibility index (Phi) is 46.1. The fraction of sp³-hybridized carbons (Fsp3) is 1.00. The second-order valence-corrected chi connectivity index (χ2v) is 186. The normalized spacial score (nSPS) is 14.8. The quantitative estimate of drug-likeness (QED) is 0.0251. The molecule has 0 saturated carbocycles. The van der Waals surface area contributed by atoms with Crippen molar-refractivity contribution in [3.63, 3.8) is 0 Å². The van der Waals surface area contributed by atoms with Crippen molar-refractivity contribution in [2.45, 2.75) is 13.1 Å². The summed E-state index contributed by atoms with van der Waals surface area (Å²) < 4.78 is 90.9. The number of rotatable bonds is 54. The summed E-state index contributed by atoms with van der Waals surface area (Å²) in [5.41, 5.74) is 0. The molecule has 0 aliphatic heterocycles. The first-order chi connectivity index (χ1) is 40.3. The van der Waals surface area contributed by atoms with E-state index in [2.05, 4.69) is 0 Å². The molecule has 54 radical (unpaired) electrons. The van der Waals surface area contributed by atoms with Crippen molar-refractivity contribution >= 4 is 357 Å². The van der Waals surface area contributed by atoms with Gasteiger partial charge in [-0.1, -0.05) is 0 Å². The molecule has 0 aliphatic rings. The highest BCUT2D eigenvalue weighted by atomic mass is 30.5. The fourth-order valence-corrected chi connectivity index (χ4v) is 603. The van der Waals surface area contributed by atoms with Gasteiger partial charge in [-0.2, -0.15) is 0 Å². The minimum Gasteiger partial charge on any atom is -0.439 e. The summed E-state index contributed by atoms with van der Waals surface area (Å²) in [6, 6.07) is 0. The van der Waals surface area contributed by atoms with Gasteiger partial charge in [-0.05, 0) is 13.1 Å². The SMILES string of the molecule is CO[Si](C)(C)[Si](O[Si](O[Si](O[Si]O)([Si]O)[Si]O)([Si](O[Si]O)([Si]O)[Si]O)[Si](O[Si]O)([Si]O)[Si]O)([Si](O[Si](O[Si]O)([Si]O)[Si]O)([Si](O[Si]O)([Si]O)[Si]O)[Si](O[Si]O)([Si]O)[Si]O)[Si](O[Si](O[Si]O)([Si]O)[Si]O)([Si](O[Si]O)([Si]O)[Si]O)[Si](O[Si]O)([Si]O)[Si]O. The summed E-state index contributed by atoms with van der Waals surface area (Å²) >= 11 is 0. The van der Waals surface area contributed by atoms with E-state index in [0.29, 0.717) is 0 Å². The topological polar surface area (TPSA) is 675 Å². The van der Waals surface area contributed by atoms with E-state index in [1.165, 1.54) is 0 Å². The molecule has 0 amide bonds. The van der Waals surface area contributed by atoms with Crippen LogP contribution in [0.4, 0.5) is 0 Å². The Morgan fingerprint density at radius 2 is 0.400 bits per heavy atom. The molecule has 0 aromatic rings. The lowest BCUT2D eigenvalue weighted by molar-refractivity contribution is 0.331. The number of hydrogen-bond donors (Lipinski definition) is 27. The Balaban J connectivity index is 14.1. The third kappa shape index (κ3) is 17.3. The van der Waals surface area contributed by atoms with Crippen molar-refractivity contribution in [2.24, 2.45) is 0 Å². The highest BCUT2D eigenvalue weighted by Crippen LogP contribution is 2.55. The monoisotopic (exact) mass is 1880 g/mol. The summed E-state index contributed by atoms with van der Waals surface area (Å²) in [4.78, 5) is 321. The van der Waals surface area contributed by atoms with E-state index in [-0.39, 0.29) is 0 Å². The van der Waals surface area contributed by atoms with Gasteiger partial charge in [-0.3, -0.25) is 0 Å². The van der Waals surface area contributed by atoms with Gasteiger partial charge in [0.1, 0.15) is 0 Å². The summed E-state index contributed by atoms with van der Waals surface area (Å²) in [5.74, 6) is 0. The maximum Gasteiger partial charge on any atom is 0.420 e. The van der Waals surface area contributed by atoms with E-state index in [1.807, 2.05) is 0 Å². The van der Waals surface area contributed by atoms with Crippen LogP contribution in [0.3, 0.4) is 0 Å². The Morgan fingerprint density at radius 3 is 0.565 bits per heavy atom. The zero-order valence-corrected chi connectivity index (χ0v) is 82.3. The van der Waals surface area contributed by atoms with Crippen LogP contribution in [0.15, 0.2) is 0 Å². The Hall–Kier alpha value is 7.25. The van der Waals surface area contributed by atoms with Crippen molar-refractivity contribution in [1.82, 2.24) is 0 Å². The van der Waals surface area contributed by atoms with Crippen LogP contribution in [0, 0.1) is 0 Å². The van der Waals surface area contributed by atoms with Gasteiger partial charge in [0.05, 0.1) is 0 Å². The maximum atomic E-state index is 12.7. The summed E-state index contributed by atoms with van der Waals surface area (Å²) in [6.45, 7) is -58.8. The van der Waals surface area contributed by atoms with Gasteiger partial charge >= 0.3 is 120 Å². The molecule has 0 aromatic heterocycles. The molecule has 0 bridgehead atoms. The Labute approximate surface area is 558 Å². The molecule has 0 atom stereocenters. The van der Waals surface area contributed by atoms with Gasteiger partial charge < -0.3 is 187 Å². The van der Waals surface area contributed by atoms with Crippen molar-refractivity contribution in [3.8, 4) is 0 Å². The predicted molar refractivity (Wildman–Crippen MR) is 329 cm³/mol. The van der Waals surface area contributed by atoms with E-state index in [9.17, 15) is 129 Å². The lowest BCUT2D eigenvalue weighted by Gasteiger charge is -2.73. The third-order valence-electron chi connectivity index (χ3n) is 11.0. The van der Waals surface area contributed by atoms with Gasteiger partial charge in [0.2, 0.25) is 167 Å². The van der Waals surface area contributed by atoms with Crippen LogP contribution in [-0.2, 0) is 57.9 Å². The smallest absolute Gasteiger partial charge is 0.420 e. The molecule has 0 spiro atoms. The van der Waals surface area contributed by atoms with Crippen LogP contribution in [-0.4, -0.2) is 494 Å². The molecule has 458 valence electrons. The zero-order valence-electron chi connectivity index (χ0n) is 41.3. The predicted octanol–water partition coefficient (Wildman–Crippen LogP) is -30.3. The molecule has 41 nitrogen and oxygen atoms in total. The van der Waals surface area contributed by atoms with Gasteiger partial charge in [0.15, 0.2) is 0 Å². The molecule has 0 heterocycles. The van der Waals surface area contributed by atoms with Gasteiger partial charge in [-0.15, -0.1) is 0 Å². The average Bonchev–Trinajstić information content (AvgIpc) is 1.70. The lowest BCUT2D eigenvalue weighted by atomic mass is 11.8. The van der Waals surface area contributed by atoms with E-state index >= 15 is 0 Å². The van der Waals surface area contributed by atoms with Gasteiger partial charge in [0, 0.05) is 7.11 Å². The van der Waals surface area contributed by atoms with Crippen LogP contribution < -0.4 is 0 Å². The molecule has 82 heteroatoms. The minimum atomic E-state index is -7.73. The van der Waals surface area contributed by atoms with E-state index < -0.39 is 357 Å². The molecular weight excluding hydrogens is 1840 g/mol. The molecule has 0 rings (SSSR count). The zero-order chi connectivity index (χ0) is 66.0. The molecule has 0 aliphatic carbocycles. The molecule has 27 N–H and O–H groups in total. The van der Waals surface area contributed by atoms with Crippen LogP contribution in [0.1, 0.15) is 0 Å². The maximum absolute atomic E-state index is 12.7. The van der Waals surface area contributed by atoms with Crippen molar-refractivity contribution in [3.05, 3.63) is 0 Å². The molecule has 0 fully saturated rings. The molecule has 85 heavy (non-hydrogen) atoms. The van der Waals surface area contributed by atoms with Crippen LogP contribution in [0.5, 0.6) is 0 Å². The van der Waals surface area contributed by atoms with Crippen LogP contribution in [0.25, 0.3) is 0 Å². The summed E-state index contributed by atoms with van der Waals surface area (Å²) in [6.07, 6.45) is 0. The Bertz CT molecular complexity index is 1630. The summed E-state index contributed by atoms with van der Waals surface area (Å²) in [5, 5.41) is 0. The lowest BCUT2D eigenvalue weighted by Crippen LogP contribution is -3.16. The van der Waals surface area contributed by atoms with E-state index in [0.717, 1.165) is 20.2 Å². The first kappa shape index (κ1) is 92.3. The van der Waals surface area contributed by atoms with E-state index in [4.69, 9.17) is 57.9 Å². The van der Waals surface area contributed by atoms with Gasteiger partial charge in [-0.25, -0.2) is 0 Å². The first-order valence-corrected chi connectivity index (χ1v) is 98.8. The largest absolute Gasteiger partial charge is 0.439 e. The second-order valence-electron chi connectivity index (χ2n) is 14.5. The van der Waals surface area contributed by atoms with Crippen molar-refractivity contribution in [1.29, 1.82) is 0 Å². The van der Waals surface area contributed by atoms with Crippen LogP contribution in [0.2, 0.25) is 13.1 Å².